The van der Waals surface area contributed by atoms with E-state index >= 15 is 0 Å². The van der Waals surface area contributed by atoms with E-state index in [0.717, 1.165) is 6.42 Å². The van der Waals surface area contributed by atoms with Crippen LogP contribution in [0.4, 0.5) is 0 Å². The van der Waals surface area contributed by atoms with Gasteiger partial charge in [0.1, 0.15) is 12.7 Å². The Morgan fingerprint density at radius 1 is 1.19 bits per heavy atom. The van der Waals surface area contributed by atoms with Crippen LogP contribution in [0, 0.1) is 5.41 Å². The Morgan fingerprint density at radius 2 is 1.86 bits per heavy atom. The second-order valence-corrected chi connectivity index (χ2v) is 6.80. The number of aromatic nitrogens is 3. The Hall–Kier alpha value is -1.68. The molecule has 1 N–H and O–H groups in total. The fraction of sp³-hybridized carbons (Fsp3) is 0.529. The SMILES string of the molecule is CC(CC(C(O)C(C)(C)C)n1cncn1)c1ccccc1. The van der Waals surface area contributed by atoms with E-state index in [-0.39, 0.29) is 11.5 Å². The first-order chi connectivity index (χ1) is 9.89. The number of hydrogen-bond acceptors (Lipinski definition) is 3. The fourth-order valence-corrected chi connectivity index (χ4v) is 2.63. The van der Waals surface area contributed by atoms with E-state index in [1.807, 2.05) is 6.07 Å². The molecule has 0 aliphatic carbocycles. The van der Waals surface area contributed by atoms with Gasteiger partial charge in [0, 0.05) is 0 Å². The smallest absolute Gasteiger partial charge is 0.137 e. The summed E-state index contributed by atoms with van der Waals surface area (Å²) in [5, 5.41) is 15.0. The Kier molecular flexibility index (Phi) is 4.78. The van der Waals surface area contributed by atoms with Crippen LogP contribution in [0.3, 0.4) is 0 Å². The molecule has 1 aromatic heterocycles. The van der Waals surface area contributed by atoms with Crippen molar-refractivity contribution in [1.29, 1.82) is 0 Å². The van der Waals surface area contributed by atoms with Gasteiger partial charge in [-0.15, -0.1) is 0 Å². The summed E-state index contributed by atoms with van der Waals surface area (Å²) < 4.78 is 1.79. The third-order valence-electron chi connectivity index (χ3n) is 3.99. The molecular formula is C17H25N3O. The molecular weight excluding hydrogens is 262 g/mol. The molecule has 1 heterocycles. The maximum absolute atomic E-state index is 10.7. The van der Waals surface area contributed by atoms with Gasteiger partial charge in [0.25, 0.3) is 0 Å². The van der Waals surface area contributed by atoms with Crippen molar-refractivity contribution in [2.24, 2.45) is 5.41 Å². The number of aliphatic hydroxyl groups is 1. The molecule has 0 saturated heterocycles. The predicted molar refractivity (Wildman–Crippen MR) is 84.0 cm³/mol. The highest BCUT2D eigenvalue weighted by atomic mass is 16.3. The lowest BCUT2D eigenvalue weighted by molar-refractivity contribution is 0.00736. The first kappa shape index (κ1) is 15.7. The molecule has 21 heavy (non-hydrogen) atoms. The van der Waals surface area contributed by atoms with Crippen LogP contribution in [0.2, 0.25) is 0 Å². The minimum absolute atomic E-state index is 0.0808. The number of aliphatic hydroxyl groups excluding tert-OH is 1. The van der Waals surface area contributed by atoms with E-state index in [4.69, 9.17) is 0 Å². The highest BCUT2D eigenvalue weighted by Crippen LogP contribution is 2.34. The van der Waals surface area contributed by atoms with E-state index in [1.165, 1.54) is 11.9 Å². The van der Waals surface area contributed by atoms with E-state index in [9.17, 15) is 5.11 Å². The van der Waals surface area contributed by atoms with E-state index in [0.29, 0.717) is 5.92 Å². The molecule has 114 valence electrons. The van der Waals surface area contributed by atoms with E-state index in [2.05, 4.69) is 62.0 Å². The molecule has 3 unspecified atom stereocenters. The number of rotatable bonds is 5. The molecule has 1 aromatic carbocycles. The Bertz CT molecular complexity index is 531. The van der Waals surface area contributed by atoms with Gasteiger partial charge in [-0.3, -0.25) is 0 Å². The Morgan fingerprint density at radius 3 is 2.38 bits per heavy atom. The lowest BCUT2D eigenvalue weighted by Crippen LogP contribution is -2.36. The Labute approximate surface area is 126 Å². The second kappa shape index (κ2) is 6.39. The predicted octanol–water partition coefficient (Wildman–Crippen LogP) is 3.42. The molecule has 0 fully saturated rings. The van der Waals surface area contributed by atoms with Crippen molar-refractivity contribution in [2.45, 2.75) is 52.2 Å². The minimum atomic E-state index is -0.481. The maximum atomic E-state index is 10.7. The topological polar surface area (TPSA) is 50.9 Å². The monoisotopic (exact) mass is 287 g/mol. The average Bonchev–Trinajstić information content (AvgIpc) is 2.97. The lowest BCUT2D eigenvalue weighted by Gasteiger charge is -2.34. The van der Waals surface area contributed by atoms with Gasteiger partial charge < -0.3 is 5.11 Å². The molecule has 0 spiro atoms. The molecule has 0 aliphatic heterocycles. The van der Waals surface area contributed by atoms with Crippen molar-refractivity contribution in [1.82, 2.24) is 14.8 Å². The normalized spacial score (nSPS) is 16.4. The first-order valence-electron chi connectivity index (χ1n) is 7.46. The molecule has 0 radical (unpaired) electrons. The zero-order valence-electron chi connectivity index (χ0n) is 13.3. The van der Waals surface area contributed by atoms with Crippen LogP contribution in [0.5, 0.6) is 0 Å². The minimum Gasteiger partial charge on any atom is -0.390 e. The fourth-order valence-electron chi connectivity index (χ4n) is 2.63. The standard InChI is InChI=1S/C17H25N3O/c1-13(14-8-6-5-7-9-14)10-15(16(21)17(2,3)4)20-12-18-11-19-20/h5-9,11-13,15-16,21H,10H2,1-4H3. The third-order valence-corrected chi connectivity index (χ3v) is 3.99. The van der Waals surface area contributed by atoms with Gasteiger partial charge in [-0.05, 0) is 23.3 Å². The van der Waals surface area contributed by atoms with Crippen molar-refractivity contribution in [3.8, 4) is 0 Å². The highest BCUT2D eigenvalue weighted by Gasteiger charge is 2.33. The van der Waals surface area contributed by atoms with Crippen molar-refractivity contribution in [2.75, 3.05) is 0 Å². The summed E-state index contributed by atoms with van der Waals surface area (Å²) in [5.74, 6) is 0.345. The van der Waals surface area contributed by atoms with Gasteiger partial charge >= 0.3 is 0 Å². The summed E-state index contributed by atoms with van der Waals surface area (Å²) in [6, 6.07) is 10.3. The van der Waals surface area contributed by atoms with Gasteiger partial charge in [-0.2, -0.15) is 5.10 Å². The first-order valence-corrected chi connectivity index (χ1v) is 7.46. The number of benzene rings is 1. The maximum Gasteiger partial charge on any atom is 0.137 e. The molecule has 3 atom stereocenters. The van der Waals surface area contributed by atoms with E-state index < -0.39 is 6.10 Å². The summed E-state index contributed by atoms with van der Waals surface area (Å²) in [7, 11) is 0. The summed E-state index contributed by atoms with van der Waals surface area (Å²) in [6.45, 7) is 8.34. The second-order valence-electron chi connectivity index (χ2n) is 6.80. The van der Waals surface area contributed by atoms with Crippen LogP contribution in [0.25, 0.3) is 0 Å². The molecule has 4 nitrogen and oxygen atoms in total. The van der Waals surface area contributed by atoms with Crippen molar-refractivity contribution >= 4 is 0 Å². The summed E-state index contributed by atoms with van der Waals surface area (Å²) >= 11 is 0. The van der Waals surface area contributed by atoms with Crippen LogP contribution in [-0.4, -0.2) is 26.0 Å². The quantitative estimate of drug-likeness (QED) is 0.916. The largest absolute Gasteiger partial charge is 0.390 e. The summed E-state index contributed by atoms with van der Waals surface area (Å²) in [6.07, 6.45) is 3.56. The van der Waals surface area contributed by atoms with Gasteiger partial charge in [0.2, 0.25) is 0 Å². The lowest BCUT2D eigenvalue weighted by atomic mass is 9.81. The van der Waals surface area contributed by atoms with Gasteiger partial charge in [-0.1, -0.05) is 58.0 Å². The van der Waals surface area contributed by atoms with Gasteiger partial charge in [-0.25, -0.2) is 9.67 Å². The zero-order valence-corrected chi connectivity index (χ0v) is 13.3. The molecule has 4 heteroatoms. The molecule has 0 saturated carbocycles. The molecule has 2 aromatic rings. The Balaban J connectivity index is 2.21. The average molecular weight is 287 g/mol. The van der Waals surface area contributed by atoms with Crippen LogP contribution in [0.15, 0.2) is 43.0 Å². The zero-order chi connectivity index (χ0) is 15.5. The molecule has 0 amide bonds. The van der Waals surface area contributed by atoms with Crippen LogP contribution < -0.4 is 0 Å². The van der Waals surface area contributed by atoms with Gasteiger partial charge in [0.15, 0.2) is 0 Å². The van der Waals surface area contributed by atoms with E-state index in [1.54, 1.807) is 11.0 Å². The number of hydrogen-bond donors (Lipinski definition) is 1. The highest BCUT2D eigenvalue weighted by molar-refractivity contribution is 5.19. The number of nitrogens with zero attached hydrogens (tertiary/aromatic N) is 3. The molecule has 0 bridgehead atoms. The van der Waals surface area contributed by atoms with Gasteiger partial charge in [0.05, 0.1) is 12.1 Å². The van der Waals surface area contributed by atoms with Crippen molar-refractivity contribution in [3.63, 3.8) is 0 Å². The molecule has 0 aliphatic rings. The van der Waals surface area contributed by atoms with Crippen LogP contribution in [-0.2, 0) is 0 Å². The van der Waals surface area contributed by atoms with Crippen LogP contribution >= 0.6 is 0 Å². The molecule has 2 rings (SSSR count). The summed E-state index contributed by atoms with van der Waals surface area (Å²) in [4.78, 5) is 4.03. The van der Waals surface area contributed by atoms with Crippen LogP contribution in [0.1, 0.15) is 51.6 Å². The summed E-state index contributed by atoms with van der Waals surface area (Å²) in [5.41, 5.74) is 1.08. The van der Waals surface area contributed by atoms with Crippen molar-refractivity contribution < 1.29 is 5.11 Å². The van der Waals surface area contributed by atoms with Crippen molar-refractivity contribution in [3.05, 3.63) is 48.5 Å². The third kappa shape index (κ3) is 3.91.